The minimum absolute atomic E-state index is 0. The van der Waals surface area contributed by atoms with Crippen LogP contribution in [-0.2, 0) is 4.79 Å². The van der Waals surface area contributed by atoms with E-state index in [1.165, 1.54) is 40.8 Å². The molecule has 1 heterocycles. The Labute approximate surface area is 196 Å². The molecule has 0 aliphatic carbocycles. The van der Waals surface area contributed by atoms with Crippen molar-refractivity contribution in [2.24, 2.45) is 0 Å². The Balaban J connectivity index is 0.00000341. The summed E-state index contributed by atoms with van der Waals surface area (Å²) in [4.78, 5) is 33.1. The first-order valence-corrected chi connectivity index (χ1v) is 11.3. The molecule has 0 aliphatic heterocycles. The van der Waals surface area contributed by atoms with E-state index in [1.54, 1.807) is 11.0 Å². The SMILES string of the molecule is Cc1ccc(SCC(=O)N(CCCN(C)C)c2nc3ccc([N+](=O)[O-])cc3s2)cc1.Cl. The maximum atomic E-state index is 13.1. The second-order valence-electron chi connectivity index (χ2n) is 7.21. The third-order valence-corrected chi connectivity index (χ3v) is 6.51. The van der Waals surface area contributed by atoms with Gasteiger partial charge in [0, 0.05) is 23.6 Å². The molecular weight excluding hydrogens is 456 g/mol. The lowest BCUT2D eigenvalue weighted by Crippen LogP contribution is -2.34. The molecule has 0 fully saturated rings. The van der Waals surface area contributed by atoms with Gasteiger partial charge in [0.2, 0.25) is 5.91 Å². The van der Waals surface area contributed by atoms with Gasteiger partial charge in [-0.05, 0) is 52.2 Å². The number of aryl methyl sites for hydroxylation is 1. The molecule has 0 saturated carbocycles. The minimum atomic E-state index is -0.420. The Morgan fingerprint density at radius 1 is 1.16 bits per heavy atom. The zero-order valence-corrected chi connectivity index (χ0v) is 20.1. The largest absolute Gasteiger partial charge is 0.309 e. The maximum Gasteiger partial charge on any atom is 0.270 e. The van der Waals surface area contributed by atoms with E-state index >= 15 is 0 Å². The van der Waals surface area contributed by atoms with Crippen LogP contribution in [0.1, 0.15) is 12.0 Å². The van der Waals surface area contributed by atoms with E-state index in [-0.39, 0.29) is 24.0 Å². The quantitative estimate of drug-likeness (QED) is 0.243. The number of thioether (sulfide) groups is 1. The number of halogens is 1. The number of hydrogen-bond donors (Lipinski definition) is 0. The Morgan fingerprint density at radius 3 is 2.52 bits per heavy atom. The van der Waals surface area contributed by atoms with E-state index < -0.39 is 4.92 Å². The van der Waals surface area contributed by atoms with Gasteiger partial charge in [0.25, 0.3) is 5.69 Å². The number of aromatic nitrogens is 1. The molecule has 0 aliphatic rings. The fourth-order valence-corrected chi connectivity index (χ4v) is 4.68. The normalized spacial score (nSPS) is 10.8. The summed E-state index contributed by atoms with van der Waals surface area (Å²) in [5, 5.41) is 11.6. The van der Waals surface area contributed by atoms with Crippen LogP contribution in [-0.4, -0.2) is 53.7 Å². The van der Waals surface area contributed by atoms with Gasteiger partial charge in [-0.25, -0.2) is 4.98 Å². The van der Waals surface area contributed by atoms with Crippen molar-refractivity contribution >= 4 is 62.4 Å². The van der Waals surface area contributed by atoms with Gasteiger partial charge >= 0.3 is 0 Å². The number of nitro benzene ring substituents is 1. The van der Waals surface area contributed by atoms with Gasteiger partial charge in [0.15, 0.2) is 5.13 Å². The van der Waals surface area contributed by atoms with Crippen molar-refractivity contribution in [2.45, 2.75) is 18.2 Å². The number of nitrogens with zero attached hydrogens (tertiary/aromatic N) is 4. The first-order valence-electron chi connectivity index (χ1n) is 9.53. The summed E-state index contributed by atoms with van der Waals surface area (Å²) >= 11 is 2.81. The second kappa shape index (κ2) is 11.4. The molecule has 0 spiro atoms. The molecular formula is C21H25ClN4O3S2. The van der Waals surface area contributed by atoms with Crippen molar-refractivity contribution in [3.63, 3.8) is 0 Å². The molecule has 3 rings (SSSR count). The summed E-state index contributed by atoms with van der Waals surface area (Å²) in [6, 6.07) is 12.7. The van der Waals surface area contributed by atoms with Crippen LogP contribution in [0, 0.1) is 17.0 Å². The van der Waals surface area contributed by atoms with Crippen LogP contribution in [0.3, 0.4) is 0 Å². The molecule has 1 amide bonds. The molecule has 31 heavy (non-hydrogen) atoms. The van der Waals surface area contributed by atoms with Gasteiger partial charge in [0.05, 0.1) is 20.9 Å². The van der Waals surface area contributed by atoms with Gasteiger partial charge in [0.1, 0.15) is 0 Å². The van der Waals surface area contributed by atoms with E-state index in [1.807, 2.05) is 45.3 Å². The number of nitro groups is 1. The highest BCUT2D eigenvalue weighted by Crippen LogP contribution is 2.32. The molecule has 10 heteroatoms. The zero-order valence-electron chi connectivity index (χ0n) is 17.6. The summed E-state index contributed by atoms with van der Waals surface area (Å²) in [5.41, 5.74) is 1.87. The van der Waals surface area contributed by atoms with Gasteiger partial charge < -0.3 is 4.90 Å². The van der Waals surface area contributed by atoms with Gasteiger partial charge in [-0.1, -0.05) is 29.0 Å². The number of rotatable bonds is 9. The second-order valence-corrected chi connectivity index (χ2v) is 9.27. The van der Waals surface area contributed by atoms with Crippen LogP contribution in [0.4, 0.5) is 10.8 Å². The number of thiazole rings is 1. The molecule has 166 valence electrons. The van der Waals surface area contributed by atoms with Crippen LogP contribution >= 0.6 is 35.5 Å². The Bertz CT molecular complexity index is 1040. The predicted molar refractivity (Wildman–Crippen MR) is 131 cm³/mol. The lowest BCUT2D eigenvalue weighted by Gasteiger charge is -2.21. The van der Waals surface area contributed by atoms with Crippen molar-refractivity contribution in [2.75, 3.05) is 37.8 Å². The minimum Gasteiger partial charge on any atom is -0.309 e. The molecule has 0 atom stereocenters. The molecule has 0 unspecified atom stereocenters. The summed E-state index contributed by atoms with van der Waals surface area (Å²) in [5.74, 6) is 0.286. The van der Waals surface area contributed by atoms with Crippen molar-refractivity contribution in [1.29, 1.82) is 0 Å². The third kappa shape index (κ3) is 6.90. The molecule has 0 bridgehead atoms. The van der Waals surface area contributed by atoms with Crippen molar-refractivity contribution in [3.05, 3.63) is 58.1 Å². The van der Waals surface area contributed by atoms with Crippen LogP contribution in [0.2, 0.25) is 0 Å². The first-order chi connectivity index (χ1) is 14.3. The van der Waals surface area contributed by atoms with Crippen LogP contribution in [0.25, 0.3) is 10.2 Å². The van der Waals surface area contributed by atoms with E-state index in [0.717, 1.165) is 17.9 Å². The molecule has 7 nitrogen and oxygen atoms in total. The van der Waals surface area contributed by atoms with Gasteiger partial charge in [-0.3, -0.25) is 19.8 Å². The van der Waals surface area contributed by atoms with E-state index in [4.69, 9.17) is 0 Å². The summed E-state index contributed by atoms with van der Waals surface area (Å²) in [6.07, 6.45) is 0.810. The van der Waals surface area contributed by atoms with Crippen LogP contribution < -0.4 is 4.90 Å². The first kappa shape index (κ1) is 25.1. The van der Waals surface area contributed by atoms with E-state index in [9.17, 15) is 14.9 Å². The van der Waals surface area contributed by atoms with Crippen LogP contribution in [0.5, 0.6) is 0 Å². The lowest BCUT2D eigenvalue weighted by atomic mass is 10.2. The third-order valence-electron chi connectivity index (χ3n) is 4.47. The smallest absolute Gasteiger partial charge is 0.270 e. The number of amides is 1. The number of benzene rings is 2. The van der Waals surface area contributed by atoms with Crippen LogP contribution in [0.15, 0.2) is 47.4 Å². The highest BCUT2D eigenvalue weighted by atomic mass is 35.5. The number of fused-ring (bicyclic) bond motifs is 1. The molecule has 1 aromatic heterocycles. The van der Waals surface area contributed by atoms with E-state index in [2.05, 4.69) is 9.88 Å². The summed E-state index contributed by atoms with van der Waals surface area (Å²) in [6.45, 7) is 3.43. The van der Waals surface area contributed by atoms with E-state index in [0.29, 0.717) is 27.6 Å². The number of non-ortho nitro benzene ring substituents is 1. The molecule has 2 aromatic carbocycles. The average molecular weight is 481 g/mol. The topological polar surface area (TPSA) is 79.6 Å². The number of carbonyl (C=O) groups excluding carboxylic acids is 1. The Kier molecular flexibility index (Phi) is 9.24. The Hall–Kier alpha value is -2.20. The monoisotopic (exact) mass is 480 g/mol. The van der Waals surface area contributed by atoms with Crippen molar-refractivity contribution < 1.29 is 9.72 Å². The maximum absolute atomic E-state index is 13.1. The molecule has 0 saturated heterocycles. The Morgan fingerprint density at radius 2 is 1.87 bits per heavy atom. The van der Waals surface area contributed by atoms with Gasteiger partial charge in [-0.15, -0.1) is 24.2 Å². The fraction of sp³-hybridized carbons (Fsp3) is 0.333. The standard InChI is InChI=1S/C21H24N4O3S2.ClH/c1-15-5-8-17(9-6-15)29-14-20(26)24(12-4-11-23(2)3)21-22-18-10-7-16(25(27)28)13-19(18)30-21;/h5-10,13H,4,11-12,14H2,1-3H3;1H. The predicted octanol–water partition coefficient (Wildman–Crippen LogP) is 5.01. The molecule has 3 aromatic rings. The summed E-state index contributed by atoms with van der Waals surface area (Å²) in [7, 11) is 3.99. The lowest BCUT2D eigenvalue weighted by molar-refractivity contribution is -0.384. The molecule has 0 N–H and O–H groups in total. The average Bonchev–Trinajstić information content (AvgIpc) is 3.13. The van der Waals surface area contributed by atoms with Crippen molar-refractivity contribution in [3.8, 4) is 0 Å². The molecule has 0 radical (unpaired) electrons. The number of anilines is 1. The van der Waals surface area contributed by atoms with Gasteiger partial charge in [-0.2, -0.15) is 0 Å². The highest BCUT2D eigenvalue weighted by Gasteiger charge is 2.21. The van der Waals surface area contributed by atoms with Crippen molar-refractivity contribution in [1.82, 2.24) is 9.88 Å². The highest BCUT2D eigenvalue weighted by molar-refractivity contribution is 8.00. The fourth-order valence-electron chi connectivity index (χ4n) is 2.86. The summed E-state index contributed by atoms with van der Waals surface area (Å²) < 4.78 is 0.704. The number of carbonyl (C=O) groups is 1. The zero-order chi connectivity index (χ0) is 21.7. The number of hydrogen-bond acceptors (Lipinski definition) is 7.